The number of amides is 1. The minimum Gasteiger partial charge on any atom is -0.444 e. The number of hydrogen-bond donors (Lipinski definition) is 0. The molecule has 1 aliphatic rings. The molecule has 1 heterocycles. The third-order valence-corrected chi connectivity index (χ3v) is 5.09. The van der Waals surface area contributed by atoms with Crippen molar-refractivity contribution in [3.8, 4) is 0 Å². The van der Waals surface area contributed by atoms with Crippen molar-refractivity contribution >= 4 is 6.09 Å². The van der Waals surface area contributed by atoms with Gasteiger partial charge >= 0.3 is 12.3 Å². The van der Waals surface area contributed by atoms with Gasteiger partial charge in [0.1, 0.15) is 5.60 Å². The fraction of sp³-hybridized carbons (Fsp3) is 0.650. The molecule has 2 rings (SSSR count). The number of carbonyl (C=O) groups is 1. The van der Waals surface area contributed by atoms with E-state index in [1.54, 1.807) is 25.7 Å². The molecule has 1 aromatic rings. The highest BCUT2D eigenvalue weighted by Gasteiger charge is 2.38. The molecule has 0 bridgehead atoms. The number of carbonyl (C=O) groups excluding carboxylic acids is 1. The van der Waals surface area contributed by atoms with Crippen LogP contribution in [0.4, 0.5) is 18.0 Å². The van der Waals surface area contributed by atoms with E-state index in [9.17, 15) is 18.0 Å². The molecule has 0 N–H and O–H groups in total. The number of rotatable bonds is 4. The second-order valence-corrected chi connectivity index (χ2v) is 8.54. The minimum atomic E-state index is -4.39. The van der Waals surface area contributed by atoms with Gasteiger partial charge in [-0.1, -0.05) is 17.2 Å². The molecule has 0 radical (unpaired) electrons. The van der Waals surface area contributed by atoms with Gasteiger partial charge in [-0.25, -0.2) is 4.79 Å². The third kappa shape index (κ3) is 6.03. The molecule has 0 aromatic heterocycles. The zero-order valence-electron chi connectivity index (χ0n) is 17.8. The van der Waals surface area contributed by atoms with Gasteiger partial charge in [0.05, 0.1) is 5.56 Å². The van der Waals surface area contributed by atoms with Gasteiger partial charge in [-0.2, -0.15) is 13.2 Å². The zero-order valence-corrected chi connectivity index (χ0v) is 17.8. The van der Waals surface area contributed by atoms with Gasteiger partial charge in [-0.05, 0) is 57.8 Å². The maximum Gasteiger partial charge on any atom is 0.416 e. The van der Waals surface area contributed by atoms with E-state index in [-0.39, 0.29) is 24.7 Å². The standard InChI is InChI=1S/C20H28F3N5O2/c1-13-11-28(14(2)15-6-8-16(9-7-15)20(21,22)23)17(10-25-26-24)12-27(13)18(29)30-19(3,4)5/h6-9,13-14,17H,10-12H2,1-5H3/t13-,14?,17?/m0/s1. The van der Waals surface area contributed by atoms with Crippen molar-refractivity contribution < 1.29 is 22.7 Å². The van der Waals surface area contributed by atoms with E-state index in [0.29, 0.717) is 18.7 Å². The molecule has 0 spiro atoms. The van der Waals surface area contributed by atoms with Crippen LogP contribution in [-0.4, -0.2) is 53.2 Å². The molecule has 166 valence electrons. The highest BCUT2D eigenvalue weighted by molar-refractivity contribution is 5.68. The summed E-state index contributed by atoms with van der Waals surface area (Å²) in [5, 5.41) is 3.67. The molecular weight excluding hydrogens is 399 g/mol. The maximum atomic E-state index is 12.9. The molecule has 0 saturated carbocycles. The molecule has 10 heteroatoms. The SMILES string of the molecule is CC(c1ccc(C(F)(F)F)cc1)N1C[C@H](C)N(C(=O)OC(C)(C)C)CC1CN=[N+]=[N-]. The van der Waals surface area contributed by atoms with Crippen molar-refractivity contribution in [2.75, 3.05) is 19.6 Å². The maximum absolute atomic E-state index is 12.9. The van der Waals surface area contributed by atoms with Gasteiger partial charge in [0.2, 0.25) is 0 Å². The van der Waals surface area contributed by atoms with Crippen molar-refractivity contribution in [2.24, 2.45) is 5.11 Å². The Morgan fingerprint density at radius 1 is 1.27 bits per heavy atom. The Morgan fingerprint density at radius 3 is 2.37 bits per heavy atom. The van der Waals surface area contributed by atoms with E-state index < -0.39 is 23.4 Å². The summed E-state index contributed by atoms with van der Waals surface area (Å²) in [5.74, 6) is 0. The van der Waals surface area contributed by atoms with Crippen molar-refractivity contribution in [2.45, 2.75) is 64.5 Å². The first-order valence-corrected chi connectivity index (χ1v) is 9.77. The van der Waals surface area contributed by atoms with E-state index in [2.05, 4.69) is 14.9 Å². The highest BCUT2D eigenvalue weighted by Crippen LogP contribution is 2.32. The normalized spacial score (nSPS) is 21.7. The number of ether oxygens (including phenoxy) is 1. The fourth-order valence-electron chi connectivity index (χ4n) is 3.55. The molecule has 1 aliphatic heterocycles. The van der Waals surface area contributed by atoms with Crippen LogP contribution < -0.4 is 0 Å². The summed E-state index contributed by atoms with van der Waals surface area (Å²) in [6.45, 7) is 10.0. The van der Waals surface area contributed by atoms with Crippen LogP contribution in [0.1, 0.15) is 51.8 Å². The first-order valence-electron chi connectivity index (χ1n) is 9.77. The molecule has 2 unspecified atom stereocenters. The van der Waals surface area contributed by atoms with Crippen molar-refractivity contribution in [1.82, 2.24) is 9.80 Å². The van der Waals surface area contributed by atoms with Crippen molar-refractivity contribution in [3.63, 3.8) is 0 Å². The van der Waals surface area contributed by atoms with Crippen LogP contribution in [0.2, 0.25) is 0 Å². The summed E-state index contributed by atoms with van der Waals surface area (Å²) in [6, 6.07) is 4.35. The summed E-state index contributed by atoms with van der Waals surface area (Å²) in [5.41, 5.74) is 8.13. The molecular formula is C20H28F3N5O2. The predicted octanol–water partition coefficient (Wildman–Crippen LogP) is 5.39. The number of azide groups is 1. The van der Waals surface area contributed by atoms with Gasteiger partial charge in [0.25, 0.3) is 0 Å². The van der Waals surface area contributed by atoms with Crippen LogP contribution in [-0.2, 0) is 10.9 Å². The Balaban J connectivity index is 2.23. The lowest BCUT2D eigenvalue weighted by atomic mass is 9.99. The second-order valence-electron chi connectivity index (χ2n) is 8.54. The van der Waals surface area contributed by atoms with Gasteiger partial charge < -0.3 is 9.64 Å². The second kappa shape index (κ2) is 9.14. The number of nitrogens with zero attached hydrogens (tertiary/aromatic N) is 5. The Bertz CT molecular complexity index is 785. The van der Waals surface area contributed by atoms with Gasteiger partial charge in [0.15, 0.2) is 0 Å². The summed E-state index contributed by atoms with van der Waals surface area (Å²) in [4.78, 5) is 19.1. The average Bonchev–Trinajstić information content (AvgIpc) is 2.64. The Hall–Kier alpha value is -2.45. The molecule has 1 saturated heterocycles. The lowest BCUT2D eigenvalue weighted by Crippen LogP contribution is -2.60. The first kappa shape index (κ1) is 23.8. The number of hydrogen-bond acceptors (Lipinski definition) is 4. The van der Waals surface area contributed by atoms with Gasteiger partial charge in [-0.15, -0.1) is 0 Å². The summed E-state index contributed by atoms with van der Waals surface area (Å²) < 4.78 is 44.1. The topological polar surface area (TPSA) is 81.5 Å². The van der Waals surface area contributed by atoms with Crippen LogP contribution in [0.25, 0.3) is 10.4 Å². The number of benzene rings is 1. The summed E-state index contributed by atoms with van der Waals surface area (Å²) >= 11 is 0. The quantitative estimate of drug-likeness (QED) is 0.367. The smallest absolute Gasteiger partial charge is 0.416 e. The number of alkyl halides is 3. The summed E-state index contributed by atoms with van der Waals surface area (Å²) in [7, 11) is 0. The fourth-order valence-corrected chi connectivity index (χ4v) is 3.55. The first-order chi connectivity index (χ1) is 13.8. The van der Waals surface area contributed by atoms with Crippen LogP contribution in [0.15, 0.2) is 29.4 Å². The average molecular weight is 427 g/mol. The monoisotopic (exact) mass is 427 g/mol. The summed E-state index contributed by atoms with van der Waals surface area (Å²) in [6.07, 6.45) is -4.83. The molecule has 3 atom stereocenters. The van der Waals surface area contributed by atoms with Crippen molar-refractivity contribution in [1.29, 1.82) is 0 Å². The lowest BCUT2D eigenvalue weighted by Gasteiger charge is -2.47. The molecule has 1 aromatic carbocycles. The number of halogens is 3. The number of piperazine rings is 1. The van der Waals surface area contributed by atoms with Gasteiger partial charge in [0, 0.05) is 42.7 Å². The van der Waals surface area contributed by atoms with Crippen LogP contribution in [0.3, 0.4) is 0 Å². The third-order valence-electron chi connectivity index (χ3n) is 5.09. The van der Waals surface area contributed by atoms with E-state index >= 15 is 0 Å². The molecule has 1 amide bonds. The molecule has 7 nitrogen and oxygen atoms in total. The van der Waals surface area contributed by atoms with Crippen LogP contribution in [0, 0.1) is 0 Å². The van der Waals surface area contributed by atoms with Gasteiger partial charge in [-0.3, -0.25) is 4.90 Å². The predicted molar refractivity (Wildman–Crippen MR) is 107 cm³/mol. The molecule has 1 fully saturated rings. The Kier molecular flexibility index (Phi) is 7.26. The minimum absolute atomic E-state index is 0.132. The lowest BCUT2D eigenvalue weighted by molar-refractivity contribution is -0.137. The highest BCUT2D eigenvalue weighted by atomic mass is 19.4. The van der Waals surface area contributed by atoms with Crippen LogP contribution in [0.5, 0.6) is 0 Å². The van der Waals surface area contributed by atoms with Crippen molar-refractivity contribution in [3.05, 3.63) is 45.8 Å². The van der Waals surface area contributed by atoms with E-state index in [1.165, 1.54) is 12.1 Å². The Labute approximate surface area is 174 Å². The molecule has 0 aliphatic carbocycles. The largest absolute Gasteiger partial charge is 0.444 e. The van der Waals surface area contributed by atoms with E-state index in [1.807, 2.05) is 13.8 Å². The molecule has 30 heavy (non-hydrogen) atoms. The zero-order chi connectivity index (χ0) is 22.7. The van der Waals surface area contributed by atoms with Crippen LogP contribution >= 0.6 is 0 Å². The van der Waals surface area contributed by atoms with E-state index in [0.717, 1.165) is 12.1 Å². The van der Waals surface area contributed by atoms with E-state index in [4.69, 9.17) is 10.3 Å². The Morgan fingerprint density at radius 2 is 1.87 bits per heavy atom.